The predicted molar refractivity (Wildman–Crippen MR) is 120 cm³/mol. The topological polar surface area (TPSA) is 70.8 Å². The zero-order valence-electron chi connectivity index (χ0n) is 18.2. The summed E-state index contributed by atoms with van der Waals surface area (Å²) < 4.78 is 7.68. The van der Waals surface area contributed by atoms with Crippen molar-refractivity contribution in [3.8, 4) is 5.75 Å². The summed E-state index contributed by atoms with van der Waals surface area (Å²) in [4.78, 5) is 21.2. The van der Waals surface area contributed by atoms with Gasteiger partial charge < -0.3 is 19.3 Å². The van der Waals surface area contributed by atoms with E-state index >= 15 is 0 Å². The number of ether oxygens (including phenoxy) is 1. The minimum atomic E-state index is -0.142. The van der Waals surface area contributed by atoms with E-state index in [0.29, 0.717) is 26.1 Å². The highest BCUT2D eigenvalue weighted by Crippen LogP contribution is 2.50. The molecule has 0 bridgehead atoms. The van der Waals surface area contributed by atoms with Crippen molar-refractivity contribution in [3.05, 3.63) is 46.0 Å². The Morgan fingerprint density at radius 1 is 1.35 bits per heavy atom. The maximum absolute atomic E-state index is 12.4. The van der Waals surface area contributed by atoms with Gasteiger partial charge >= 0.3 is 0 Å². The van der Waals surface area contributed by atoms with Gasteiger partial charge in [0.25, 0.3) is 0 Å². The average molecular weight is 441 g/mol. The number of nitrogens with zero attached hydrogens (tertiary/aromatic N) is 4. The molecule has 31 heavy (non-hydrogen) atoms. The van der Waals surface area contributed by atoms with Crippen molar-refractivity contribution in [3.63, 3.8) is 0 Å². The van der Waals surface area contributed by atoms with Crippen LogP contribution in [0.5, 0.6) is 5.75 Å². The molecular formula is C23H28N4O3S. The third kappa shape index (κ3) is 3.08. The van der Waals surface area contributed by atoms with Crippen LogP contribution in [0.15, 0.2) is 29.8 Å². The van der Waals surface area contributed by atoms with Crippen LogP contribution in [0, 0.1) is 0 Å². The van der Waals surface area contributed by atoms with Gasteiger partial charge in [-0.25, -0.2) is 4.98 Å². The Balaban J connectivity index is 1.66. The van der Waals surface area contributed by atoms with Crippen molar-refractivity contribution >= 4 is 28.1 Å². The SMILES string of the molecule is CCC(=O)N1CC2(C1)CN(Cc1nccs1)[C@@H](CO)c1c2c2ccc(OC)cc2n1C. The molecule has 7 nitrogen and oxygen atoms in total. The molecule has 4 heterocycles. The van der Waals surface area contributed by atoms with E-state index in [1.165, 1.54) is 10.9 Å². The fraction of sp³-hybridized carbons (Fsp3) is 0.478. The molecule has 1 atom stereocenters. The summed E-state index contributed by atoms with van der Waals surface area (Å²) in [6.07, 6.45) is 2.35. The van der Waals surface area contributed by atoms with E-state index in [-0.39, 0.29) is 24.0 Å². The van der Waals surface area contributed by atoms with Crippen LogP contribution in [0.2, 0.25) is 0 Å². The first-order valence-electron chi connectivity index (χ1n) is 10.7. The molecule has 2 aliphatic heterocycles. The smallest absolute Gasteiger partial charge is 0.222 e. The lowest BCUT2D eigenvalue weighted by molar-refractivity contribution is -0.140. The van der Waals surface area contributed by atoms with E-state index < -0.39 is 0 Å². The molecule has 0 saturated carbocycles. The van der Waals surface area contributed by atoms with E-state index in [1.807, 2.05) is 29.5 Å². The Hall–Kier alpha value is -2.42. The van der Waals surface area contributed by atoms with E-state index in [9.17, 15) is 9.90 Å². The van der Waals surface area contributed by atoms with Gasteiger partial charge in [0, 0.05) is 67.2 Å². The fourth-order valence-corrected chi connectivity index (χ4v) is 6.12. The molecule has 8 heteroatoms. The fourth-order valence-electron chi connectivity index (χ4n) is 5.48. The summed E-state index contributed by atoms with van der Waals surface area (Å²) in [6.45, 7) is 4.86. The van der Waals surface area contributed by atoms with Crippen molar-refractivity contribution in [2.45, 2.75) is 31.3 Å². The number of carbonyl (C=O) groups excluding carboxylic acids is 1. The Labute approximate surface area is 185 Å². The van der Waals surface area contributed by atoms with E-state index in [4.69, 9.17) is 4.74 Å². The van der Waals surface area contributed by atoms with Crippen LogP contribution in [-0.4, -0.2) is 63.7 Å². The summed E-state index contributed by atoms with van der Waals surface area (Å²) in [5, 5.41) is 14.7. The van der Waals surface area contributed by atoms with Gasteiger partial charge in [0.2, 0.25) is 5.91 Å². The van der Waals surface area contributed by atoms with Crippen LogP contribution in [0.3, 0.4) is 0 Å². The molecule has 0 unspecified atom stereocenters. The van der Waals surface area contributed by atoms with Crippen molar-refractivity contribution in [1.82, 2.24) is 19.4 Å². The number of methoxy groups -OCH3 is 1. The van der Waals surface area contributed by atoms with Crippen molar-refractivity contribution < 1.29 is 14.6 Å². The first-order chi connectivity index (χ1) is 15.0. The number of benzene rings is 1. The van der Waals surface area contributed by atoms with Gasteiger partial charge in [-0.15, -0.1) is 11.3 Å². The number of carbonyl (C=O) groups is 1. The Morgan fingerprint density at radius 2 is 2.16 bits per heavy atom. The molecule has 2 aromatic heterocycles. The highest BCUT2D eigenvalue weighted by atomic mass is 32.1. The van der Waals surface area contributed by atoms with E-state index in [2.05, 4.69) is 33.6 Å². The zero-order valence-corrected chi connectivity index (χ0v) is 19.0. The van der Waals surface area contributed by atoms with Gasteiger partial charge in [-0.2, -0.15) is 0 Å². The summed E-state index contributed by atoms with van der Waals surface area (Å²) in [7, 11) is 3.75. The number of amides is 1. The molecule has 5 rings (SSSR count). The molecule has 3 aromatic rings. The monoisotopic (exact) mass is 440 g/mol. The van der Waals surface area contributed by atoms with Crippen LogP contribution < -0.4 is 4.74 Å². The van der Waals surface area contributed by atoms with Crippen LogP contribution in [-0.2, 0) is 23.8 Å². The van der Waals surface area contributed by atoms with Crippen LogP contribution in [0.1, 0.15) is 35.7 Å². The maximum Gasteiger partial charge on any atom is 0.222 e. The predicted octanol–water partition coefficient (Wildman–Crippen LogP) is 2.68. The molecule has 1 N–H and O–H groups in total. The Morgan fingerprint density at radius 3 is 2.81 bits per heavy atom. The second-order valence-corrected chi connectivity index (χ2v) is 9.59. The van der Waals surface area contributed by atoms with Gasteiger partial charge in [-0.05, 0) is 17.7 Å². The lowest BCUT2D eigenvalue weighted by atomic mass is 9.68. The molecule has 1 aromatic carbocycles. The number of aryl methyl sites for hydroxylation is 1. The summed E-state index contributed by atoms with van der Waals surface area (Å²) >= 11 is 1.64. The van der Waals surface area contributed by atoms with Gasteiger partial charge in [-0.1, -0.05) is 6.92 Å². The highest BCUT2D eigenvalue weighted by Gasteiger charge is 2.54. The van der Waals surface area contributed by atoms with Gasteiger partial charge in [0.05, 0.1) is 31.8 Å². The number of hydrogen-bond donors (Lipinski definition) is 1. The number of hydrogen-bond acceptors (Lipinski definition) is 6. The largest absolute Gasteiger partial charge is 0.497 e. The standard InChI is InChI=1S/C23H28N4O3S/c1-4-20(29)27-13-23(14-27)12-26(10-19-24-7-8-31-19)18(11-28)22-21(23)16-6-5-15(30-3)9-17(16)25(22)2/h5-9,18,28H,4,10-14H2,1-3H3/t18-/m0/s1. The van der Waals surface area contributed by atoms with Crippen LogP contribution in [0.4, 0.5) is 0 Å². The molecule has 1 saturated heterocycles. The molecular weight excluding hydrogens is 412 g/mol. The number of fused-ring (bicyclic) bond motifs is 4. The molecule has 164 valence electrons. The van der Waals surface area contributed by atoms with E-state index in [1.54, 1.807) is 18.4 Å². The third-order valence-corrected chi connectivity index (χ3v) is 7.65. The maximum atomic E-state index is 12.4. The quantitative estimate of drug-likeness (QED) is 0.661. The minimum Gasteiger partial charge on any atom is -0.497 e. The number of likely N-dealkylation sites (tertiary alicyclic amines) is 1. The third-order valence-electron chi connectivity index (χ3n) is 6.88. The average Bonchev–Trinajstić information content (AvgIpc) is 3.37. The van der Waals surface area contributed by atoms with Crippen LogP contribution in [0.25, 0.3) is 10.9 Å². The normalized spacial score (nSPS) is 20.1. The van der Waals surface area contributed by atoms with E-state index in [0.717, 1.165) is 28.5 Å². The molecule has 1 fully saturated rings. The van der Waals surface area contributed by atoms with Crippen molar-refractivity contribution in [2.75, 3.05) is 33.4 Å². The van der Waals surface area contributed by atoms with Crippen LogP contribution >= 0.6 is 11.3 Å². The van der Waals surface area contributed by atoms with Gasteiger partial charge in [0.1, 0.15) is 10.8 Å². The molecule has 0 radical (unpaired) electrons. The second kappa shape index (κ2) is 7.62. The minimum absolute atomic E-state index is 0.0351. The molecule has 2 aliphatic rings. The number of rotatable bonds is 5. The summed E-state index contributed by atoms with van der Waals surface area (Å²) in [6, 6.07) is 6.07. The number of aliphatic hydroxyl groups excluding tert-OH is 1. The lowest BCUT2D eigenvalue weighted by Crippen LogP contribution is -2.67. The second-order valence-electron chi connectivity index (χ2n) is 8.62. The van der Waals surface area contributed by atoms with Crippen molar-refractivity contribution in [1.29, 1.82) is 0 Å². The van der Waals surface area contributed by atoms with Gasteiger partial charge in [-0.3, -0.25) is 9.69 Å². The summed E-state index contributed by atoms with van der Waals surface area (Å²) in [5.74, 6) is 1.01. The number of aromatic nitrogens is 2. The zero-order chi connectivity index (χ0) is 21.8. The number of thiazole rings is 1. The molecule has 1 spiro atoms. The first-order valence-corrected chi connectivity index (χ1v) is 11.6. The molecule has 0 aliphatic carbocycles. The molecule has 1 amide bonds. The van der Waals surface area contributed by atoms with Gasteiger partial charge in [0.15, 0.2) is 0 Å². The Bertz CT molecular complexity index is 1120. The highest BCUT2D eigenvalue weighted by molar-refractivity contribution is 7.09. The number of aliphatic hydroxyl groups is 1. The lowest BCUT2D eigenvalue weighted by Gasteiger charge is -2.56. The van der Waals surface area contributed by atoms with Crippen molar-refractivity contribution in [2.24, 2.45) is 7.05 Å². The Kier molecular flexibility index (Phi) is 5.03. The summed E-state index contributed by atoms with van der Waals surface area (Å²) in [5.41, 5.74) is 3.37. The first kappa shape index (κ1) is 20.5.